The third-order valence-electron chi connectivity index (χ3n) is 2.39. The van der Waals surface area contributed by atoms with Crippen molar-refractivity contribution in [2.75, 3.05) is 5.32 Å². The van der Waals surface area contributed by atoms with Gasteiger partial charge in [-0.3, -0.25) is 9.59 Å². The van der Waals surface area contributed by atoms with E-state index < -0.39 is 0 Å². The molecule has 0 atom stereocenters. The van der Waals surface area contributed by atoms with Crippen LogP contribution < -0.4 is 5.32 Å². The molecule has 0 aliphatic rings. The number of nitrogens with one attached hydrogen (secondary N) is 1. The molecule has 1 N–H and O–H groups in total. The number of halogens is 1. The second kappa shape index (κ2) is 6.55. The molecule has 92 valence electrons. The van der Waals surface area contributed by atoms with Gasteiger partial charge in [-0.25, -0.2) is 0 Å². The average Bonchev–Trinajstić information content (AvgIpc) is 2.28. The van der Waals surface area contributed by atoms with Gasteiger partial charge in [-0.2, -0.15) is 0 Å². The molecule has 0 saturated heterocycles. The van der Waals surface area contributed by atoms with Gasteiger partial charge in [0.05, 0.1) is 5.69 Å². The lowest BCUT2D eigenvalue weighted by atomic mass is 10.1. The summed E-state index contributed by atoms with van der Waals surface area (Å²) in [6.07, 6.45) is 2.33. The first-order valence-electron chi connectivity index (χ1n) is 5.65. The smallest absolute Gasteiger partial charge is 0.224 e. The first-order chi connectivity index (χ1) is 8.04. The Morgan fingerprint density at radius 3 is 2.65 bits per heavy atom. The molecule has 17 heavy (non-hydrogen) atoms. The molecule has 1 aromatic rings. The Hall–Kier alpha value is -1.16. The monoisotopic (exact) mass is 297 g/mol. The molecule has 0 radical (unpaired) electrons. The van der Waals surface area contributed by atoms with Crippen LogP contribution in [0.2, 0.25) is 0 Å². The lowest BCUT2D eigenvalue weighted by Crippen LogP contribution is -2.13. The molecular formula is C13H16BrNO2. The summed E-state index contributed by atoms with van der Waals surface area (Å²) in [5.74, 6) is -0.103. The van der Waals surface area contributed by atoms with Crippen LogP contribution in [0.15, 0.2) is 22.7 Å². The van der Waals surface area contributed by atoms with E-state index in [1.807, 2.05) is 13.0 Å². The summed E-state index contributed by atoms with van der Waals surface area (Å²) >= 11 is 3.31. The summed E-state index contributed by atoms with van der Waals surface area (Å²) in [5, 5.41) is 2.77. The van der Waals surface area contributed by atoms with Crippen molar-refractivity contribution in [1.82, 2.24) is 0 Å². The van der Waals surface area contributed by atoms with E-state index in [4.69, 9.17) is 0 Å². The van der Waals surface area contributed by atoms with Crippen molar-refractivity contribution in [2.45, 2.75) is 33.1 Å². The van der Waals surface area contributed by atoms with E-state index in [9.17, 15) is 9.59 Å². The molecule has 0 bridgehead atoms. The Balaban J connectivity index is 2.83. The summed E-state index contributed by atoms with van der Waals surface area (Å²) in [6.45, 7) is 3.53. The fraction of sp³-hybridized carbons (Fsp3) is 0.385. The summed E-state index contributed by atoms with van der Waals surface area (Å²) in [4.78, 5) is 23.0. The van der Waals surface area contributed by atoms with Crippen LogP contribution in [-0.2, 0) is 4.79 Å². The van der Waals surface area contributed by atoms with Gasteiger partial charge in [0.1, 0.15) is 0 Å². The summed E-state index contributed by atoms with van der Waals surface area (Å²) in [6, 6.07) is 5.27. The molecule has 1 rings (SSSR count). The highest BCUT2D eigenvalue weighted by Crippen LogP contribution is 2.21. The SMILES string of the molecule is CCCCC(=O)Nc1ccc(Br)cc1C(C)=O. The van der Waals surface area contributed by atoms with Gasteiger partial charge in [0.2, 0.25) is 5.91 Å². The van der Waals surface area contributed by atoms with Crippen molar-refractivity contribution in [3.63, 3.8) is 0 Å². The molecule has 0 aliphatic carbocycles. The van der Waals surface area contributed by atoms with E-state index in [1.165, 1.54) is 6.92 Å². The molecule has 0 aliphatic heterocycles. The number of Topliss-reactive ketones (excluding diaryl/α,β-unsaturated/α-hetero) is 1. The highest BCUT2D eigenvalue weighted by atomic mass is 79.9. The Bertz CT molecular complexity index is 429. The van der Waals surface area contributed by atoms with Crippen LogP contribution in [0, 0.1) is 0 Å². The maximum atomic E-state index is 11.6. The number of carbonyl (C=O) groups is 2. The largest absolute Gasteiger partial charge is 0.325 e. The fourth-order valence-electron chi connectivity index (χ4n) is 1.47. The first-order valence-corrected chi connectivity index (χ1v) is 6.44. The third-order valence-corrected chi connectivity index (χ3v) is 2.89. The highest BCUT2D eigenvalue weighted by Gasteiger charge is 2.10. The minimum absolute atomic E-state index is 0.0447. The average molecular weight is 298 g/mol. The maximum Gasteiger partial charge on any atom is 0.224 e. The van der Waals surface area contributed by atoms with Crippen LogP contribution in [0.5, 0.6) is 0 Å². The summed E-state index contributed by atoms with van der Waals surface area (Å²) in [5.41, 5.74) is 1.12. The van der Waals surface area contributed by atoms with E-state index in [0.717, 1.165) is 17.3 Å². The number of hydrogen-bond acceptors (Lipinski definition) is 2. The number of hydrogen-bond donors (Lipinski definition) is 1. The Morgan fingerprint density at radius 1 is 1.35 bits per heavy atom. The van der Waals surface area contributed by atoms with E-state index >= 15 is 0 Å². The highest BCUT2D eigenvalue weighted by molar-refractivity contribution is 9.10. The van der Waals surface area contributed by atoms with Crippen molar-refractivity contribution in [1.29, 1.82) is 0 Å². The van der Waals surface area contributed by atoms with Crippen LogP contribution in [-0.4, -0.2) is 11.7 Å². The van der Waals surface area contributed by atoms with Gasteiger partial charge in [-0.15, -0.1) is 0 Å². The zero-order valence-electron chi connectivity index (χ0n) is 10.0. The zero-order valence-corrected chi connectivity index (χ0v) is 11.6. The Labute approximate surface area is 110 Å². The van der Waals surface area contributed by atoms with E-state index in [0.29, 0.717) is 17.7 Å². The predicted molar refractivity (Wildman–Crippen MR) is 72.3 cm³/mol. The van der Waals surface area contributed by atoms with E-state index in [2.05, 4.69) is 21.2 Å². The number of ketones is 1. The molecule has 3 nitrogen and oxygen atoms in total. The Morgan fingerprint density at radius 2 is 2.06 bits per heavy atom. The molecule has 0 aromatic heterocycles. The quantitative estimate of drug-likeness (QED) is 0.841. The third kappa shape index (κ3) is 4.30. The van der Waals surface area contributed by atoms with Gasteiger partial charge in [0.25, 0.3) is 0 Å². The van der Waals surface area contributed by atoms with Crippen molar-refractivity contribution in [2.24, 2.45) is 0 Å². The molecule has 1 amide bonds. The molecule has 0 heterocycles. The van der Waals surface area contributed by atoms with Gasteiger partial charge in [0, 0.05) is 16.5 Å². The molecular weight excluding hydrogens is 282 g/mol. The van der Waals surface area contributed by atoms with Crippen LogP contribution in [0.4, 0.5) is 5.69 Å². The lowest BCUT2D eigenvalue weighted by molar-refractivity contribution is -0.116. The molecule has 4 heteroatoms. The zero-order chi connectivity index (χ0) is 12.8. The van der Waals surface area contributed by atoms with Crippen molar-refractivity contribution in [3.05, 3.63) is 28.2 Å². The number of rotatable bonds is 5. The number of amides is 1. The Kier molecular flexibility index (Phi) is 5.35. The van der Waals surface area contributed by atoms with Gasteiger partial charge in [0.15, 0.2) is 5.78 Å². The van der Waals surface area contributed by atoms with Crippen molar-refractivity contribution >= 4 is 33.3 Å². The lowest BCUT2D eigenvalue weighted by Gasteiger charge is -2.09. The number of carbonyl (C=O) groups excluding carboxylic acids is 2. The second-order valence-corrected chi connectivity index (χ2v) is 4.81. The molecule has 0 spiro atoms. The minimum Gasteiger partial charge on any atom is -0.325 e. The standard InChI is InChI=1S/C13H16BrNO2/c1-3-4-5-13(17)15-12-7-6-10(14)8-11(12)9(2)16/h6-8H,3-5H2,1-2H3,(H,15,17). The molecule has 0 unspecified atom stereocenters. The van der Waals surface area contributed by atoms with Crippen LogP contribution >= 0.6 is 15.9 Å². The summed E-state index contributed by atoms with van der Waals surface area (Å²) in [7, 11) is 0. The number of unbranched alkanes of at least 4 members (excludes halogenated alkanes) is 1. The summed E-state index contributed by atoms with van der Waals surface area (Å²) < 4.78 is 0.828. The molecule has 0 saturated carbocycles. The maximum absolute atomic E-state index is 11.6. The van der Waals surface area contributed by atoms with Crippen molar-refractivity contribution < 1.29 is 9.59 Å². The van der Waals surface area contributed by atoms with E-state index in [1.54, 1.807) is 12.1 Å². The second-order valence-electron chi connectivity index (χ2n) is 3.90. The first kappa shape index (κ1) is 13.9. The fourth-order valence-corrected chi connectivity index (χ4v) is 1.83. The van der Waals surface area contributed by atoms with Gasteiger partial charge in [-0.1, -0.05) is 29.3 Å². The number of anilines is 1. The van der Waals surface area contributed by atoms with Crippen LogP contribution in [0.3, 0.4) is 0 Å². The topological polar surface area (TPSA) is 46.2 Å². The predicted octanol–water partition coefficient (Wildman–Crippen LogP) is 3.78. The molecule has 0 fully saturated rings. The normalized spacial score (nSPS) is 10.1. The minimum atomic E-state index is -0.0582. The van der Waals surface area contributed by atoms with Crippen LogP contribution in [0.1, 0.15) is 43.5 Å². The number of benzene rings is 1. The van der Waals surface area contributed by atoms with Crippen molar-refractivity contribution in [3.8, 4) is 0 Å². The van der Waals surface area contributed by atoms with Crippen LogP contribution in [0.25, 0.3) is 0 Å². The van der Waals surface area contributed by atoms with E-state index in [-0.39, 0.29) is 11.7 Å². The van der Waals surface area contributed by atoms with Gasteiger partial charge in [-0.05, 0) is 31.5 Å². The van der Waals surface area contributed by atoms with Gasteiger partial charge >= 0.3 is 0 Å². The van der Waals surface area contributed by atoms with Gasteiger partial charge < -0.3 is 5.32 Å². The molecule has 1 aromatic carbocycles.